The van der Waals surface area contributed by atoms with Crippen molar-refractivity contribution >= 4 is 12.0 Å². The minimum Gasteiger partial charge on any atom is -0.481 e. The normalized spacial score (nSPS) is 13.3. The van der Waals surface area contributed by atoms with Gasteiger partial charge in [0, 0.05) is 24.6 Å². The third kappa shape index (κ3) is 5.65. The van der Waals surface area contributed by atoms with Crippen molar-refractivity contribution in [3.8, 4) is 0 Å². The van der Waals surface area contributed by atoms with Crippen LogP contribution in [0.15, 0.2) is 18.2 Å². The van der Waals surface area contributed by atoms with E-state index in [0.717, 1.165) is 12.1 Å². The van der Waals surface area contributed by atoms with Crippen LogP contribution < -0.4 is 10.6 Å². The fourth-order valence-corrected chi connectivity index (χ4v) is 1.78. The zero-order valence-corrected chi connectivity index (χ0v) is 12.0. The molecule has 0 aromatic heterocycles. The van der Waals surface area contributed by atoms with E-state index in [0.29, 0.717) is 6.07 Å². The second-order valence-electron chi connectivity index (χ2n) is 5.00. The molecule has 0 aliphatic rings. The molecule has 1 atom stereocenters. The Kier molecular flexibility index (Phi) is 6.24. The smallest absolute Gasteiger partial charge is 0.314 e. The molecule has 0 aliphatic heterocycles. The Labute approximate surface area is 126 Å². The van der Waals surface area contributed by atoms with E-state index in [2.05, 4.69) is 10.6 Å². The van der Waals surface area contributed by atoms with Crippen molar-refractivity contribution in [1.29, 1.82) is 0 Å². The Morgan fingerprint density at radius 1 is 1.27 bits per heavy atom. The van der Waals surface area contributed by atoms with Crippen molar-refractivity contribution in [3.05, 3.63) is 35.4 Å². The number of carbonyl (C=O) groups excluding carboxylic acids is 1. The molecule has 0 saturated carbocycles. The third-order valence-corrected chi connectivity index (χ3v) is 2.96. The van der Waals surface area contributed by atoms with Gasteiger partial charge in [0.2, 0.25) is 0 Å². The fraction of sp³-hybridized carbons (Fsp3) is 0.429. The number of rotatable bonds is 7. The van der Waals surface area contributed by atoms with Gasteiger partial charge in [0.25, 0.3) is 0 Å². The number of aliphatic carboxylic acids is 1. The number of nitrogens with one attached hydrogen (secondary N) is 2. The minimum atomic E-state index is -1.71. The van der Waals surface area contributed by atoms with E-state index < -0.39 is 29.2 Å². The van der Waals surface area contributed by atoms with Crippen LogP contribution in [0.4, 0.5) is 13.6 Å². The molecule has 0 bridgehead atoms. The summed E-state index contributed by atoms with van der Waals surface area (Å²) in [4.78, 5) is 21.8. The molecule has 0 fully saturated rings. The lowest BCUT2D eigenvalue weighted by Gasteiger charge is -2.24. The van der Waals surface area contributed by atoms with Crippen molar-refractivity contribution in [3.63, 3.8) is 0 Å². The number of aliphatic hydroxyl groups is 1. The molecule has 0 radical (unpaired) electrons. The number of carboxylic acids is 1. The number of amides is 2. The molecule has 8 heteroatoms. The molecule has 4 N–H and O–H groups in total. The second kappa shape index (κ2) is 7.69. The SMILES string of the molecule is CC(O)(CNC(=O)NCCCC(=O)O)c1ccc(F)cc1F. The van der Waals surface area contributed by atoms with Gasteiger partial charge in [0.05, 0.1) is 6.54 Å². The molecule has 1 unspecified atom stereocenters. The summed E-state index contributed by atoms with van der Waals surface area (Å²) in [6.07, 6.45) is 0.199. The van der Waals surface area contributed by atoms with Crippen LogP contribution in [0, 0.1) is 11.6 Å². The Balaban J connectivity index is 2.48. The zero-order chi connectivity index (χ0) is 16.8. The van der Waals surface area contributed by atoms with Crippen LogP contribution in [0.3, 0.4) is 0 Å². The van der Waals surface area contributed by atoms with Gasteiger partial charge in [-0.3, -0.25) is 4.79 Å². The van der Waals surface area contributed by atoms with E-state index >= 15 is 0 Å². The second-order valence-corrected chi connectivity index (χ2v) is 5.00. The van der Waals surface area contributed by atoms with Crippen LogP contribution in [-0.4, -0.2) is 35.3 Å². The van der Waals surface area contributed by atoms with Crippen molar-refractivity contribution in [2.24, 2.45) is 0 Å². The molecule has 2 amide bonds. The van der Waals surface area contributed by atoms with Crippen LogP contribution in [0.1, 0.15) is 25.3 Å². The summed E-state index contributed by atoms with van der Waals surface area (Å²) in [6, 6.07) is 2.15. The highest BCUT2D eigenvalue weighted by Gasteiger charge is 2.27. The highest BCUT2D eigenvalue weighted by molar-refractivity contribution is 5.74. The Hall–Kier alpha value is -2.22. The minimum absolute atomic E-state index is 0.0706. The van der Waals surface area contributed by atoms with Gasteiger partial charge in [-0.2, -0.15) is 0 Å². The first-order valence-electron chi connectivity index (χ1n) is 6.64. The van der Waals surface area contributed by atoms with Gasteiger partial charge in [-0.15, -0.1) is 0 Å². The van der Waals surface area contributed by atoms with Gasteiger partial charge in [-0.1, -0.05) is 6.07 Å². The maximum absolute atomic E-state index is 13.6. The molecule has 1 aromatic carbocycles. The Morgan fingerprint density at radius 2 is 1.95 bits per heavy atom. The van der Waals surface area contributed by atoms with E-state index in [9.17, 15) is 23.5 Å². The summed E-state index contributed by atoms with van der Waals surface area (Å²) in [5.41, 5.74) is -1.85. The zero-order valence-electron chi connectivity index (χ0n) is 12.0. The molecule has 1 aromatic rings. The number of hydrogen-bond acceptors (Lipinski definition) is 3. The maximum atomic E-state index is 13.6. The summed E-state index contributed by atoms with van der Waals surface area (Å²) < 4.78 is 26.4. The first kappa shape index (κ1) is 17.8. The lowest BCUT2D eigenvalue weighted by molar-refractivity contribution is -0.137. The molecule has 122 valence electrons. The largest absolute Gasteiger partial charge is 0.481 e. The van der Waals surface area contributed by atoms with Crippen LogP contribution in [-0.2, 0) is 10.4 Å². The number of benzene rings is 1. The molecule has 0 aliphatic carbocycles. The fourth-order valence-electron chi connectivity index (χ4n) is 1.78. The van der Waals surface area contributed by atoms with Crippen molar-refractivity contribution in [1.82, 2.24) is 10.6 Å². The third-order valence-electron chi connectivity index (χ3n) is 2.96. The summed E-state index contributed by atoms with van der Waals surface area (Å²) in [5, 5.41) is 23.4. The average molecular weight is 316 g/mol. The lowest BCUT2D eigenvalue weighted by atomic mass is 9.95. The van der Waals surface area contributed by atoms with Crippen LogP contribution in [0.5, 0.6) is 0 Å². The van der Waals surface area contributed by atoms with Crippen LogP contribution in [0.2, 0.25) is 0 Å². The summed E-state index contributed by atoms with van der Waals surface area (Å²) in [5.74, 6) is -2.63. The van der Waals surface area contributed by atoms with Crippen molar-refractivity contribution in [2.45, 2.75) is 25.4 Å². The number of carbonyl (C=O) groups is 2. The predicted molar refractivity (Wildman–Crippen MR) is 74.2 cm³/mol. The van der Waals surface area contributed by atoms with Gasteiger partial charge < -0.3 is 20.8 Å². The molecule has 1 rings (SSSR count). The number of halogens is 2. The van der Waals surface area contributed by atoms with E-state index in [1.807, 2.05) is 0 Å². The lowest BCUT2D eigenvalue weighted by Crippen LogP contribution is -2.44. The summed E-state index contributed by atoms with van der Waals surface area (Å²) in [7, 11) is 0. The molecular formula is C14H18F2N2O4. The van der Waals surface area contributed by atoms with Gasteiger partial charge in [0.1, 0.15) is 17.2 Å². The van der Waals surface area contributed by atoms with E-state index in [-0.39, 0.29) is 31.5 Å². The van der Waals surface area contributed by atoms with Crippen LogP contribution in [0.25, 0.3) is 0 Å². The maximum Gasteiger partial charge on any atom is 0.314 e. The van der Waals surface area contributed by atoms with Gasteiger partial charge in [0.15, 0.2) is 0 Å². The highest BCUT2D eigenvalue weighted by Crippen LogP contribution is 2.23. The first-order chi connectivity index (χ1) is 10.2. The van der Waals surface area contributed by atoms with E-state index in [1.165, 1.54) is 6.92 Å². The number of hydrogen-bond donors (Lipinski definition) is 4. The van der Waals surface area contributed by atoms with Gasteiger partial charge in [-0.25, -0.2) is 13.6 Å². The van der Waals surface area contributed by atoms with Gasteiger partial charge >= 0.3 is 12.0 Å². The summed E-state index contributed by atoms with van der Waals surface area (Å²) in [6.45, 7) is 1.15. The summed E-state index contributed by atoms with van der Waals surface area (Å²) >= 11 is 0. The monoisotopic (exact) mass is 316 g/mol. The number of urea groups is 1. The highest BCUT2D eigenvalue weighted by atomic mass is 19.1. The molecule has 22 heavy (non-hydrogen) atoms. The molecule has 6 nitrogen and oxygen atoms in total. The molecule has 0 heterocycles. The molecule has 0 saturated heterocycles. The van der Waals surface area contributed by atoms with E-state index in [1.54, 1.807) is 0 Å². The standard InChI is InChI=1S/C14H18F2N2O4/c1-14(22,10-5-4-9(15)7-11(10)16)8-18-13(21)17-6-2-3-12(19)20/h4-5,7,22H,2-3,6,8H2,1H3,(H,19,20)(H2,17,18,21). The van der Waals surface area contributed by atoms with Crippen molar-refractivity contribution in [2.75, 3.05) is 13.1 Å². The average Bonchev–Trinajstić information content (AvgIpc) is 2.41. The quantitative estimate of drug-likeness (QED) is 0.570. The Morgan fingerprint density at radius 3 is 2.55 bits per heavy atom. The molecule has 0 spiro atoms. The van der Waals surface area contributed by atoms with Gasteiger partial charge in [-0.05, 0) is 19.4 Å². The molecular weight excluding hydrogens is 298 g/mol. The Bertz CT molecular complexity index is 550. The van der Waals surface area contributed by atoms with Crippen molar-refractivity contribution < 1.29 is 28.6 Å². The first-order valence-corrected chi connectivity index (χ1v) is 6.64. The predicted octanol–water partition coefficient (Wildman–Crippen LogP) is 1.34. The van der Waals surface area contributed by atoms with E-state index in [4.69, 9.17) is 5.11 Å². The number of carboxylic acid groups (broad SMARTS) is 1. The van der Waals surface area contributed by atoms with Crippen LogP contribution >= 0.6 is 0 Å². The topological polar surface area (TPSA) is 98.7 Å².